The normalized spacial score (nSPS) is 20.5. The van der Waals surface area contributed by atoms with Gasteiger partial charge in [-0.3, -0.25) is 0 Å². The molecule has 0 radical (unpaired) electrons. The van der Waals surface area contributed by atoms with Gasteiger partial charge in [-0.05, 0) is 51.6 Å². The maximum atomic E-state index is 3.55. The lowest BCUT2D eigenvalue weighted by Gasteiger charge is -2.22. The third-order valence-corrected chi connectivity index (χ3v) is 3.77. The Kier molecular flexibility index (Phi) is 5.26. The number of rotatable bonds is 10. The summed E-state index contributed by atoms with van der Waals surface area (Å²) >= 11 is 0. The van der Waals surface area contributed by atoms with E-state index in [1.165, 1.54) is 45.3 Å². The summed E-state index contributed by atoms with van der Waals surface area (Å²) in [6, 6.07) is 0. The highest BCUT2D eigenvalue weighted by Crippen LogP contribution is 2.33. The first-order valence-corrected chi connectivity index (χ1v) is 7.32. The highest BCUT2D eigenvalue weighted by atomic mass is 15.2. The van der Waals surface area contributed by atoms with E-state index in [0.29, 0.717) is 0 Å². The van der Waals surface area contributed by atoms with E-state index in [-0.39, 0.29) is 0 Å². The van der Waals surface area contributed by atoms with E-state index < -0.39 is 0 Å². The third-order valence-electron chi connectivity index (χ3n) is 3.77. The first-order valence-electron chi connectivity index (χ1n) is 7.32. The Morgan fingerprint density at radius 3 is 1.88 bits per heavy atom. The fraction of sp³-hybridized carbons (Fsp3) is 1.00. The van der Waals surface area contributed by atoms with Gasteiger partial charge in [-0.2, -0.15) is 0 Å². The molecule has 100 valence electrons. The first kappa shape index (κ1) is 13.3. The van der Waals surface area contributed by atoms with Crippen LogP contribution in [0.15, 0.2) is 0 Å². The molecule has 0 atom stereocenters. The van der Waals surface area contributed by atoms with Gasteiger partial charge in [-0.15, -0.1) is 0 Å². The van der Waals surface area contributed by atoms with Gasteiger partial charge in [-0.25, -0.2) is 0 Å². The van der Waals surface area contributed by atoms with Crippen LogP contribution in [0.4, 0.5) is 0 Å². The molecule has 0 aromatic rings. The van der Waals surface area contributed by atoms with Crippen LogP contribution >= 0.6 is 0 Å². The Morgan fingerprint density at radius 2 is 1.41 bits per heavy atom. The van der Waals surface area contributed by atoms with Crippen molar-refractivity contribution in [3.8, 4) is 0 Å². The molecule has 0 aromatic heterocycles. The molecule has 2 aliphatic rings. The van der Waals surface area contributed by atoms with Gasteiger partial charge in [0.25, 0.3) is 0 Å². The number of nitrogens with zero attached hydrogens (tertiary/aromatic N) is 2. The molecule has 2 fully saturated rings. The van der Waals surface area contributed by atoms with E-state index in [9.17, 15) is 0 Å². The molecular weight excluding hydrogens is 210 g/mol. The van der Waals surface area contributed by atoms with Crippen molar-refractivity contribution in [3.05, 3.63) is 0 Å². The molecule has 3 heteroatoms. The molecule has 0 bridgehead atoms. The molecule has 0 amide bonds. The standard InChI is InChI=1S/C14H29N3/c1-16(2)9-7-15-8-10-17(11-13-3-4-13)12-14-5-6-14/h13-15H,3-12H2,1-2H3. The average Bonchev–Trinajstić information content (AvgIpc) is 3.11. The average molecular weight is 239 g/mol. The van der Waals surface area contributed by atoms with Crippen LogP contribution in [0, 0.1) is 11.8 Å². The van der Waals surface area contributed by atoms with Crippen LogP contribution in [0.2, 0.25) is 0 Å². The lowest BCUT2D eigenvalue weighted by atomic mass is 10.3. The Balaban J connectivity index is 1.52. The topological polar surface area (TPSA) is 18.5 Å². The van der Waals surface area contributed by atoms with E-state index >= 15 is 0 Å². The fourth-order valence-electron chi connectivity index (χ4n) is 2.25. The van der Waals surface area contributed by atoms with Gasteiger partial charge in [0.1, 0.15) is 0 Å². The number of nitrogens with one attached hydrogen (secondary N) is 1. The summed E-state index contributed by atoms with van der Waals surface area (Å²) in [6.07, 6.45) is 5.93. The van der Waals surface area contributed by atoms with Crippen LogP contribution in [-0.2, 0) is 0 Å². The second-order valence-electron chi connectivity index (χ2n) is 6.20. The largest absolute Gasteiger partial charge is 0.314 e. The van der Waals surface area contributed by atoms with Crippen LogP contribution < -0.4 is 5.32 Å². The quantitative estimate of drug-likeness (QED) is 0.579. The van der Waals surface area contributed by atoms with Gasteiger partial charge in [-0.1, -0.05) is 0 Å². The summed E-state index contributed by atoms with van der Waals surface area (Å²) in [5, 5.41) is 3.55. The van der Waals surface area contributed by atoms with Crippen molar-refractivity contribution in [1.29, 1.82) is 0 Å². The van der Waals surface area contributed by atoms with Crippen molar-refractivity contribution in [3.63, 3.8) is 0 Å². The smallest absolute Gasteiger partial charge is 0.0107 e. The van der Waals surface area contributed by atoms with E-state index in [4.69, 9.17) is 0 Å². The molecular formula is C14H29N3. The van der Waals surface area contributed by atoms with Crippen molar-refractivity contribution >= 4 is 0 Å². The maximum Gasteiger partial charge on any atom is 0.0107 e. The third kappa shape index (κ3) is 6.39. The molecule has 3 nitrogen and oxygen atoms in total. The molecule has 1 N–H and O–H groups in total. The Morgan fingerprint density at radius 1 is 0.882 bits per heavy atom. The lowest BCUT2D eigenvalue weighted by molar-refractivity contribution is 0.251. The molecule has 0 spiro atoms. The van der Waals surface area contributed by atoms with Crippen LogP contribution in [0.1, 0.15) is 25.7 Å². The minimum absolute atomic E-state index is 1.04. The zero-order valence-electron chi connectivity index (χ0n) is 11.6. The van der Waals surface area contributed by atoms with Crippen molar-refractivity contribution in [2.24, 2.45) is 11.8 Å². The van der Waals surface area contributed by atoms with Crippen LogP contribution in [-0.4, -0.2) is 63.2 Å². The number of hydrogen-bond acceptors (Lipinski definition) is 3. The molecule has 2 aliphatic carbocycles. The minimum atomic E-state index is 1.04. The zero-order chi connectivity index (χ0) is 12.1. The van der Waals surface area contributed by atoms with Crippen molar-refractivity contribution in [2.75, 3.05) is 53.4 Å². The molecule has 2 saturated carbocycles. The zero-order valence-corrected chi connectivity index (χ0v) is 11.6. The maximum absolute atomic E-state index is 3.55. The van der Waals surface area contributed by atoms with Crippen molar-refractivity contribution in [1.82, 2.24) is 15.1 Å². The summed E-state index contributed by atoms with van der Waals surface area (Å²) in [4.78, 5) is 4.94. The van der Waals surface area contributed by atoms with Gasteiger partial charge in [0.2, 0.25) is 0 Å². The van der Waals surface area contributed by atoms with Crippen molar-refractivity contribution < 1.29 is 0 Å². The van der Waals surface area contributed by atoms with E-state index in [1.54, 1.807) is 0 Å². The Hall–Kier alpha value is -0.120. The second kappa shape index (κ2) is 6.72. The minimum Gasteiger partial charge on any atom is -0.314 e. The fourth-order valence-corrected chi connectivity index (χ4v) is 2.25. The monoisotopic (exact) mass is 239 g/mol. The summed E-state index contributed by atoms with van der Waals surface area (Å²) in [6.45, 7) is 7.41. The molecule has 2 rings (SSSR count). The van der Waals surface area contributed by atoms with Gasteiger partial charge in [0.05, 0.1) is 0 Å². The van der Waals surface area contributed by atoms with Gasteiger partial charge in [0.15, 0.2) is 0 Å². The summed E-state index contributed by atoms with van der Waals surface area (Å²) in [5.41, 5.74) is 0. The van der Waals surface area contributed by atoms with Crippen LogP contribution in [0.25, 0.3) is 0 Å². The van der Waals surface area contributed by atoms with Gasteiger partial charge in [0, 0.05) is 39.3 Å². The number of likely N-dealkylation sites (N-methyl/N-ethyl adjacent to an activating group) is 1. The highest BCUT2D eigenvalue weighted by Gasteiger charge is 2.28. The van der Waals surface area contributed by atoms with Gasteiger partial charge >= 0.3 is 0 Å². The lowest BCUT2D eigenvalue weighted by Crippen LogP contribution is -2.37. The SMILES string of the molecule is CN(C)CCNCCN(CC1CC1)CC1CC1. The Labute approximate surface area is 107 Å². The predicted molar refractivity (Wildman–Crippen MR) is 73.3 cm³/mol. The van der Waals surface area contributed by atoms with Crippen LogP contribution in [0.3, 0.4) is 0 Å². The molecule has 0 aliphatic heterocycles. The first-order chi connectivity index (χ1) is 8.24. The Bertz CT molecular complexity index is 196. The molecule has 17 heavy (non-hydrogen) atoms. The summed E-state index contributed by atoms with van der Waals surface area (Å²) in [5.74, 6) is 2.08. The predicted octanol–water partition coefficient (Wildman–Crippen LogP) is 1.26. The van der Waals surface area contributed by atoms with E-state index in [1.807, 2.05) is 0 Å². The molecule has 0 aromatic carbocycles. The highest BCUT2D eigenvalue weighted by molar-refractivity contribution is 4.82. The van der Waals surface area contributed by atoms with Gasteiger partial charge < -0.3 is 15.1 Å². The molecule has 0 saturated heterocycles. The van der Waals surface area contributed by atoms with E-state index in [0.717, 1.165) is 31.5 Å². The number of hydrogen-bond donors (Lipinski definition) is 1. The molecule has 0 unspecified atom stereocenters. The second-order valence-corrected chi connectivity index (χ2v) is 6.20. The summed E-state index contributed by atoms with van der Waals surface area (Å²) < 4.78 is 0. The van der Waals surface area contributed by atoms with Crippen LogP contribution in [0.5, 0.6) is 0 Å². The molecule has 0 heterocycles. The summed E-state index contributed by atoms with van der Waals surface area (Å²) in [7, 11) is 4.27. The van der Waals surface area contributed by atoms with E-state index in [2.05, 4.69) is 29.2 Å². The van der Waals surface area contributed by atoms with Crippen molar-refractivity contribution in [2.45, 2.75) is 25.7 Å².